The molecular weight excluding hydrogens is 351 g/mol. The lowest BCUT2D eigenvalue weighted by Gasteiger charge is -2.16. The number of halogens is 1. The number of benzene rings is 1. The Kier molecular flexibility index (Phi) is 4.24. The molecule has 0 unspecified atom stereocenters. The van der Waals surface area contributed by atoms with E-state index in [9.17, 15) is 18.8 Å². The number of carboxylic acid groups (broad SMARTS) is 1. The summed E-state index contributed by atoms with van der Waals surface area (Å²) < 4.78 is 19.0. The number of rotatable bonds is 3. The van der Waals surface area contributed by atoms with Crippen LogP contribution in [0.4, 0.5) is 19.9 Å². The minimum Gasteiger partial charge on any atom is -0.477 e. The molecule has 0 aliphatic carbocycles. The Labute approximate surface area is 143 Å². The molecule has 1 aromatic carbocycles. The number of anilines is 2. The Balaban J connectivity index is 1.90. The molecule has 0 radical (unpaired) electrons. The Morgan fingerprint density at radius 3 is 2.68 bits per heavy atom. The molecule has 2 aromatic heterocycles. The Hall–Kier alpha value is -3.20. The van der Waals surface area contributed by atoms with E-state index < -0.39 is 29.0 Å². The third kappa shape index (κ3) is 3.22. The molecule has 2 N–H and O–H groups in total. The number of urea groups is 1. The van der Waals surface area contributed by atoms with Gasteiger partial charge in [0.1, 0.15) is 16.4 Å². The minimum atomic E-state index is -1.39. The van der Waals surface area contributed by atoms with Crippen LogP contribution < -0.4 is 15.8 Å². The monoisotopic (exact) mass is 362 g/mol. The number of hydrogen-bond acceptors (Lipinski definition) is 5. The van der Waals surface area contributed by atoms with E-state index in [-0.39, 0.29) is 11.3 Å². The fourth-order valence-corrected chi connectivity index (χ4v) is 3.07. The zero-order valence-electron chi connectivity index (χ0n) is 12.8. The smallest absolute Gasteiger partial charge is 0.351 e. The summed E-state index contributed by atoms with van der Waals surface area (Å²) in [5.74, 6) is -1.96. The van der Waals surface area contributed by atoms with Crippen LogP contribution in [0.15, 0.2) is 45.6 Å². The van der Waals surface area contributed by atoms with Gasteiger partial charge in [0.2, 0.25) is 0 Å². The summed E-state index contributed by atoms with van der Waals surface area (Å²) in [6.07, 6.45) is 0. The molecule has 0 atom stereocenters. The van der Waals surface area contributed by atoms with Gasteiger partial charge in [-0.25, -0.2) is 18.8 Å². The first-order valence-electron chi connectivity index (χ1n) is 6.97. The average molecular weight is 362 g/mol. The van der Waals surface area contributed by atoms with Crippen molar-refractivity contribution in [2.24, 2.45) is 0 Å². The topological polar surface area (TPSA) is 99.9 Å². The second-order valence-electron chi connectivity index (χ2n) is 5.03. The maximum atomic E-state index is 13.6. The summed E-state index contributed by atoms with van der Waals surface area (Å²) >= 11 is 1.06. The van der Waals surface area contributed by atoms with Crippen molar-refractivity contribution >= 4 is 44.3 Å². The molecule has 0 fully saturated rings. The number of hydrogen-bond donors (Lipinski definition) is 2. The van der Waals surface area contributed by atoms with E-state index in [1.807, 2.05) is 0 Å². The Morgan fingerprint density at radius 2 is 2.00 bits per heavy atom. The SMILES string of the molecule is CN(C(=O)Nc1ccccc1F)c1cc2oc(=O)c(C(=O)O)cc2s1. The van der Waals surface area contributed by atoms with Gasteiger partial charge in [-0.1, -0.05) is 12.1 Å². The van der Waals surface area contributed by atoms with Crippen LogP contribution in [-0.2, 0) is 0 Å². The first-order chi connectivity index (χ1) is 11.9. The van der Waals surface area contributed by atoms with E-state index in [0.29, 0.717) is 9.70 Å². The van der Waals surface area contributed by atoms with Gasteiger partial charge in [0.25, 0.3) is 0 Å². The molecule has 0 spiro atoms. The average Bonchev–Trinajstić information content (AvgIpc) is 2.97. The Morgan fingerprint density at radius 1 is 1.28 bits per heavy atom. The van der Waals surface area contributed by atoms with E-state index in [0.717, 1.165) is 11.3 Å². The highest BCUT2D eigenvalue weighted by Gasteiger charge is 2.19. The van der Waals surface area contributed by atoms with Crippen molar-refractivity contribution in [1.82, 2.24) is 0 Å². The lowest BCUT2D eigenvalue weighted by Crippen LogP contribution is -2.30. The fraction of sp³-hybridized carbons (Fsp3) is 0.0625. The van der Waals surface area contributed by atoms with Crippen LogP contribution in [0, 0.1) is 5.82 Å². The molecule has 0 saturated heterocycles. The zero-order valence-corrected chi connectivity index (χ0v) is 13.6. The highest BCUT2D eigenvalue weighted by molar-refractivity contribution is 7.22. The summed E-state index contributed by atoms with van der Waals surface area (Å²) in [5.41, 5.74) is -1.26. The molecule has 3 rings (SSSR count). The molecule has 2 amide bonds. The first kappa shape index (κ1) is 16.7. The van der Waals surface area contributed by atoms with Gasteiger partial charge in [-0.2, -0.15) is 0 Å². The number of carbonyl (C=O) groups is 2. The van der Waals surface area contributed by atoms with Gasteiger partial charge in [0, 0.05) is 13.1 Å². The van der Waals surface area contributed by atoms with Crippen LogP contribution in [-0.4, -0.2) is 24.2 Å². The lowest BCUT2D eigenvalue weighted by atomic mass is 10.3. The fourth-order valence-electron chi connectivity index (χ4n) is 2.08. The van der Waals surface area contributed by atoms with E-state index in [1.54, 1.807) is 6.07 Å². The number of thiophene rings is 1. The predicted octanol–water partition coefficient (Wildman–Crippen LogP) is 3.36. The van der Waals surface area contributed by atoms with Gasteiger partial charge in [0.15, 0.2) is 5.58 Å². The maximum Gasteiger partial charge on any atom is 0.351 e. The Bertz CT molecular complexity index is 1040. The van der Waals surface area contributed by atoms with E-state index >= 15 is 0 Å². The van der Waals surface area contributed by atoms with Crippen molar-refractivity contribution in [1.29, 1.82) is 0 Å². The van der Waals surface area contributed by atoms with Crippen molar-refractivity contribution < 1.29 is 23.5 Å². The second-order valence-corrected chi connectivity index (χ2v) is 6.10. The minimum absolute atomic E-state index is 0.0279. The normalized spacial score (nSPS) is 10.6. The van der Waals surface area contributed by atoms with Gasteiger partial charge in [-0.05, 0) is 18.2 Å². The first-order valence-corrected chi connectivity index (χ1v) is 7.78. The summed E-state index contributed by atoms with van der Waals surface area (Å²) in [7, 11) is 1.46. The molecule has 0 bridgehead atoms. The molecule has 25 heavy (non-hydrogen) atoms. The molecule has 9 heteroatoms. The summed E-state index contributed by atoms with van der Waals surface area (Å²) in [5, 5.41) is 11.8. The zero-order chi connectivity index (χ0) is 18.1. The molecule has 0 aliphatic heterocycles. The molecule has 0 aliphatic rings. The van der Waals surface area contributed by atoms with Crippen LogP contribution in [0.5, 0.6) is 0 Å². The van der Waals surface area contributed by atoms with Crippen LogP contribution >= 0.6 is 11.3 Å². The van der Waals surface area contributed by atoms with Gasteiger partial charge < -0.3 is 14.8 Å². The molecule has 7 nitrogen and oxygen atoms in total. The number of carbonyl (C=O) groups excluding carboxylic acids is 1. The number of nitrogens with one attached hydrogen (secondary N) is 1. The summed E-state index contributed by atoms with van der Waals surface area (Å²) in [6, 6.07) is 7.76. The van der Waals surface area contributed by atoms with Crippen molar-refractivity contribution in [2.45, 2.75) is 0 Å². The summed E-state index contributed by atoms with van der Waals surface area (Å²) in [6.45, 7) is 0. The lowest BCUT2D eigenvalue weighted by molar-refractivity contribution is 0.0692. The van der Waals surface area contributed by atoms with E-state index in [2.05, 4.69) is 5.32 Å². The number of carboxylic acids is 1. The molecule has 128 valence electrons. The third-order valence-corrected chi connectivity index (χ3v) is 4.53. The summed E-state index contributed by atoms with van der Waals surface area (Å²) in [4.78, 5) is 36.0. The molecule has 0 saturated carbocycles. The van der Waals surface area contributed by atoms with Crippen molar-refractivity contribution in [3.63, 3.8) is 0 Å². The number of fused-ring (bicyclic) bond motifs is 1. The van der Waals surface area contributed by atoms with E-state index in [4.69, 9.17) is 9.52 Å². The van der Waals surface area contributed by atoms with Crippen molar-refractivity contribution in [2.75, 3.05) is 17.3 Å². The number of nitrogens with zero attached hydrogens (tertiary/aromatic N) is 1. The maximum absolute atomic E-state index is 13.6. The van der Waals surface area contributed by atoms with E-state index in [1.165, 1.54) is 42.3 Å². The quantitative estimate of drug-likeness (QED) is 0.744. The number of para-hydroxylation sites is 1. The van der Waals surface area contributed by atoms with Crippen molar-refractivity contribution in [3.05, 3.63) is 58.2 Å². The predicted molar refractivity (Wildman–Crippen MR) is 91.1 cm³/mol. The van der Waals surface area contributed by atoms with Gasteiger partial charge in [0.05, 0.1) is 10.4 Å². The van der Waals surface area contributed by atoms with Crippen LogP contribution in [0.2, 0.25) is 0 Å². The molecule has 3 aromatic rings. The molecule has 2 heterocycles. The van der Waals surface area contributed by atoms with Crippen molar-refractivity contribution in [3.8, 4) is 0 Å². The highest BCUT2D eigenvalue weighted by Crippen LogP contribution is 2.32. The van der Waals surface area contributed by atoms with Crippen LogP contribution in [0.3, 0.4) is 0 Å². The number of aromatic carboxylic acids is 1. The van der Waals surface area contributed by atoms with Gasteiger partial charge >= 0.3 is 17.6 Å². The van der Waals surface area contributed by atoms with Gasteiger partial charge in [-0.3, -0.25) is 4.90 Å². The standard InChI is InChI=1S/C16H11FN2O5S/c1-19(16(23)18-10-5-3-2-4-9(10)17)13-7-11-12(25-13)6-8(14(20)21)15(22)24-11/h2-7H,1H3,(H,18,23)(H,20,21). The second kappa shape index (κ2) is 6.36. The van der Waals surface area contributed by atoms with Crippen LogP contribution in [0.25, 0.3) is 10.3 Å². The third-order valence-electron chi connectivity index (χ3n) is 3.39. The van der Waals surface area contributed by atoms with Gasteiger partial charge in [-0.15, -0.1) is 11.3 Å². The molecular formula is C16H11FN2O5S. The highest BCUT2D eigenvalue weighted by atomic mass is 32.1. The number of amides is 2. The van der Waals surface area contributed by atoms with Crippen LogP contribution in [0.1, 0.15) is 10.4 Å². The largest absolute Gasteiger partial charge is 0.477 e.